The summed E-state index contributed by atoms with van der Waals surface area (Å²) in [6, 6.07) is 35.8. The molecule has 0 unspecified atom stereocenters. The van der Waals surface area contributed by atoms with E-state index in [2.05, 4.69) is 18.2 Å². The van der Waals surface area contributed by atoms with Gasteiger partial charge in [-0.05, 0) is 95.7 Å². The van der Waals surface area contributed by atoms with Crippen LogP contribution in [0.2, 0.25) is 6.32 Å². The molecule has 0 spiro atoms. The van der Waals surface area contributed by atoms with Gasteiger partial charge in [-0.15, -0.1) is 0 Å². The van der Waals surface area contributed by atoms with Crippen molar-refractivity contribution in [2.75, 3.05) is 11.5 Å². The van der Waals surface area contributed by atoms with Crippen LogP contribution in [0.1, 0.15) is 30.4 Å². The topological polar surface area (TPSA) is 96.3 Å². The fourth-order valence-corrected chi connectivity index (χ4v) is 7.43. The number of ether oxygens (including phenoxy) is 1. The number of hydrogen-bond acceptors (Lipinski definition) is 6. The number of anilines is 1. The molecule has 0 saturated carbocycles. The van der Waals surface area contributed by atoms with Crippen molar-refractivity contribution in [2.45, 2.75) is 31.7 Å². The van der Waals surface area contributed by atoms with Crippen LogP contribution in [0.3, 0.4) is 0 Å². The molecule has 8 heteroatoms. The van der Waals surface area contributed by atoms with Crippen LogP contribution in [0.25, 0.3) is 11.6 Å². The molecule has 0 radical (unpaired) electrons. The van der Waals surface area contributed by atoms with Gasteiger partial charge in [-0.1, -0.05) is 84.9 Å². The Morgan fingerprint density at radius 1 is 0.851 bits per heavy atom. The summed E-state index contributed by atoms with van der Waals surface area (Å²) < 4.78 is 12.5. The molecule has 2 fully saturated rings. The summed E-state index contributed by atoms with van der Waals surface area (Å²) in [4.78, 5) is 29.3. The number of carbonyl (C=O) groups is 2. The van der Waals surface area contributed by atoms with Crippen molar-refractivity contribution in [1.82, 2.24) is 0 Å². The number of imide groups is 1. The Labute approximate surface area is 274 Å². The van der Waals surface area contributed by atoms with Crippen LogP contribution >= 0.6 is 0 Å². The van der Waals surface area contributed by atoms with E-state index in [0.29, 0.717) is 24.9 Å². The SMILES string of the molecule is O=C1[C@@H]2[C@@H](CC(COc3ccccc3)=C3[C@@H](CC/C(=C/c4ccc(O)cc4)c4ccccc4)OB(O)C[C@@H]32)C(=O)N1c1ccccc1. The standard InChI is InChI=1S/C39H36BNO6/c42-31-19-16-26(17-20-31)22-28(27-10-4-1-5-11-27)18-21-35-36-29(25-46-32-14-8-3-9-15-32)23-33-37(34(36)24-40(45)47-35)39(44)41(38(33)43)30-12-6-2-7-13-30/h1-17,19-20,22,33-35,37,42,45H,18,21,23-25H2/b28-22-/t33-,34+,35-,37-/m1/s1. The minimum Gasteiger partial charge on any atom is -0.508 e. The molecule has 2 amide bonds. The fourth-order valence-electron chi connectivity index (χ4n) is 7.43. The number of aromatic hydroxyl groups is 1. The van der Waals surface area contributed by atoms with Gasteiger partial charge < -0.3 is 19.5 Å². The van der Waals surface area contributed by atoms with Crippen molar-refractivity contribution in [2.24, 2.45) is 17.8 Å². The van der Waals surface area contributed by atoms with Gasteiger partial charge in [0, 0.05) is 0 Å². The third kappa shape index (κ3) is 6.39. The lowest BCUT2D eigenvalue weighted by Gasteiger charge is -2.43. The smallest absolute Gasteiger partial charge is 0.455 e. The van der Waals surface area contributed by atoms with E-state index < -0.39 is 25.1 Å². The van der Waals surface area contributed by atoms with Gasteiger partial charge in [-0.2, -0.15) is 0 Å². The van der Waals surface area contributed by atoms with Crippen molar-refractivity contribution in [3.63, 3.8) is 0 Å². The van der Waals surface area contributed by atoms with Crippen LogP contribution in [0.15, 0.2) is 126 Å². The van der Waals surface area contributed by atoms with E-state index in [9.17, 15) is 19.7 Å². The van der Waals surface area contributed by atoms with E-state index in [1.807, 2.05) is 78.9 Å². The number of hydrogen-bond donors (Lipinski definition) is 2. The Balaban J connectivity index is 1.24. The van der Waals surface area contributed by atoms with E-state index in [0.717, 1.165) is 33.6 Å². The van der Waals surface area contributed by atoms with Gasteiger partial charge in [0.1, 0.15) is 18.1 Å². The second kappa shape index (κ2) is 13.4. The zero-order valence-corrected chi connectivity index (χ0v) is 25.9. The molecule has 47 heavy (non-hydrogen) atoms. The average molecular weight is 626 g/mol. The average Bonchev–Trinajstić information content (AvgIpc) is 3.36. The van der Waals surface area contributed by atoms with Crippen molar-refractivity contribution >= 4 is 36.3 Å². The van der Waals surface area contributed by atoms with Gasteiger partial charge >= 0.3 is 7.12 Å². The number of rotatable bonds is 9. The maximum Gasteiger partial charge on any atom is 0.455 e. The summed E-state index contributed by atoms with van der Waals surface area (Å²) in [7, 11) is -1.07. The third-order valence-corrected chi connectivity index (χ3v) is 9.53. The Hall–Kier alpha value is -4.92. The zero-order chi connectivity index (χ0) is 32.3. The van der Waals surface area contributed by atoms with Gasteiger partial charge in [-0.3, -0.25) is 14.5 Å². The Morgan fingerprint density at radius 2 is 1.51 bits per heavy atom. The number of amides is 2. The van der Waals surface area contributed by atoms with Crippen molar-refractivity contribution in [1.29, 1.82) is 0 Å². The lowest BCUT2D eigenvalue weighted by atomic mass is 9.58. The molecule has 2 saturated heterocycles. The van der Waals surface area contributed by atoms with E-state index >= 15 is 0 Å². The maximum absolute atomic E-state index is 14.1. The van der Waals surface area contributed by atoms with Crippen molar-refractivity contribution < 1.29 is 29.1 Å². The second-order valence-electron chi connectivity index (χ2n) is 12.4. The number of fused-ring (bicyclic) bond motifs is 3. The quantitative estimate of drug-likeness (QED) is 0.0921. The Morgan fingerprint density at radius 3 is 2.21 bits per heavy atom. The lowest BCUT2D eigenvalue weighted by Crippen LogP contribution is -2.46. The molecule has 2 heterocycles. The molecule has 2 aliphatic heterocycles. The van der Waals surface area contributed by atoms with E-state index in [1.54, 1.807) is 24.3 Å². The highest BCUT2D eigenvalue weighted by molar-refractivity contribution is 6.43. The number of phenols is 1. The maximum atomic E-state index is 14.1. The van der Waals surface area contributed by atoms with Crippen LogP contribution in [0, 0.1) is 17.8 Å². The molecular weight excluding hydrogens is 589 g/mol. The van der Waals surface area contributed by atoms with E-state index in [4.69, 9.17) is 9.39 Å². The van der Waals surface area contributed by atoms with Crippen LogP contribution in [0.4, 0.5) is 5.69 Å². The van der Waals surface area contributed by atoms with Crippen LogP contribution < -0.4 is 9.64 Å². The predicted octanol–water partition coefficient (Wildman–Crippen LogP) is 6.79. The molecule has 0 aromatic heterocycles. The highest BCUT2D eigenvalue weighted by Gasteiger charge is 2.57. The van der Waals surface area contributed by atoms with Crippen molar-refractivity contribution in [3.05, 3.63) is 138 Å². The molecular formula is C39H36BNO6. The molecule has 7 nitrogen and oxygen atoms in total. The van der Waals surface area contributed by atoms with Crippen LogP contribution in [-0.4, -0.2) is 41.8 Å². The Bertz CT molecular complexity index is 1790. The number of phenolic OH excluding ortho intramolecular Hbond substituents is 1. The molecule has 4 aromatic rings. The van der Waals surface area contributed by atoms with Gasteiger partial charge in [0.15, 0.2) is 0 Å². The summed E-state index contributed by atoms with van der Waals surface area (Å²) in [6.07, 6.45) is 3.44. The lowest BCUT2D eigenvalue weighted by molar-refractivity contribution is -0.122. The molecule has 2 N–H and O–H groups in total. The molecule has 1 aliphatic carbocycles. The first-order valence-electron chi connectivity index (χ1n) is 16.2. The third-order valence-electron chi connectivity index (χ3n) is 9.53. The summed E-state index contributed by atoms with van der Waals surface area (Å²) in [6.45, 7) is 0.261. The van der Waals surface area contributed by atoms with E-state index in [1.165, 1.54) is 4.90 Å². The van der Waals surface area contributed by atoms with Gasteiger partial charge in [-0.25, -0.2) is 0 Å². The first kappa shape index (κ1) is 30.7. The molecule has 4 aromatic carbocycles. The monoisotopic (exact) mass is 625 g/mol. The molecule has 0 bridgehead atoms. The molecule has 4 atom stereocenters. The summed E-state index contributed by atoms with van der Waals surface area (Å²) >= 11 is 0. The molecule has 3 aliphatic rings. The normalized spacial score (nSPS) is 22.7. The van der Waals surface area contributed by atoms with Crippen molar-refractivity contribution in [3.8, 4) is 11.5 Å². The first-order valence-corrected chi connectivity index (χ1v) is 16.2. The summed E-state index contributed by atoms with van der Waals surface area (Å²) in [5, 5.41) is 20.9. The second-order valence-corrected chi connectivity index (χ2v) is 12.4. The summed E-state index contributed by atoms with van der Waals surface area (Å²) in [5.41, 5.74) is 5.59. The van der Waals surface area contributed by atoms with Gasteiger partial charge in [0.05, 0.1) is 23.6 Å². The Kier molecular flexibility index (Phi) is 8.79. The van der Waals surface area contributed by atoms with Crippen LogP contribution in [0.5, 0.6) is 11.5 Å². The zero-order valence-electron chi connectivity index (χ0n) is 25.9. The van der Waals surface area contributed by atoms with Gasteiger partial charge in [0.2, 0.25) is 11.8 Å². The highest BCUT2D eigenvalue weighted by atomic mass is 16.5. The number of para-hydroxylation sites is 2. The van der Waals surface area contributed by atoms with Crippen LogP contribution in [-0.2, 0) is 14.2 Å². The predicted molar refractivity (Wildman–Crippen MR) is 182 cm³/mol. The summed E-state index contributed by atoms with van der Waals surface area (Å²) in [5.74, 6) is -0.979. The largest absolute Gasteiger partial charge is 0.508 e. The number of nitrogens with zero attached hydrogens (tertiary/aromatic N) is 1. The number of allylic oxidation sites excluding steroid dienone is 1. The number of benzene rings is 4. The first-order chi connectivity index (χ1) is 23.0. The van der Waals surface area contributed by atoms with Gasteiger partial charge in [0.25, 0.3) is 0 Å². The minimum atomic E-state index is -1.07. The fraction of sp³-hybridized carbons (Fsp3) is 0.231. The van der Waals surface area contributed by atoms with E-state index in [-0.39, 0.29) is 36.4 Å². The number of carbonyl (C=O) groups excluding carboxylic acids is 2. The molecule has 236 valence electrons. The minimum absolute atomic E-state index is 0.205. The highest BCUT2D eigenvalue weighted by Crippen LogP contribution is 2.51. The molecule has 7 rings (SSSR count).